The van der Waals surface area contributed by atoms with Gasteiger partial charge < -0.3 is 10.1 Å². The molecule has 2 saturated carbocycles. The van der Waals surface area contributed by atoms with Crippen LogP contribution in [-0.2, 0) is 16.6 Å². The van der Waals surface area contributed by atoms with Crippen molar-refractivity contribution >= 4 is 10.0 Å². The maximum absolute atomic E-state index is 12.1. The Balaban J connectivity index is 1.62. The van der Waals surface area contributed by atoms with E-state index in [1.165, 1.54) is 37.9 Å². The molecule has 2 aliphatic carbocycles. The smallest absolute Gasteiger partial charge is 0.242 e. The first-order valence-electron chi connectivity index (χ1n) is 6.86. The van der Waals surface area contributed by atoms with E-state index in [9.17, 15) is 8.42 Å². The van der Waals surface area contributed by atoms with Gasteiger partial charge in [-0.25, -0.2) is 13.1 Å². The zero-order valence-electron chi connectivity index (χ0n) is 10.8. The van der Waals surface area contributed by atoms with E-state index in [1.54, 1.807) is 0 Å². The number of aliphatic hydroxyl groups excluding tert-OH is 1. The van der Waals surface area contributed by atoms with Gasteiger partial charge in [0.1, 0.15) is 0 Å². The molecule has 3 unspecified atom stereocenters. The van der Waals surface area contributed by atoms with Crippen molar-refractivity contribution in [2.45, 2.75) is 37.2 Å². The van der Waals surface area contributed by atoms with Crippen LogP contribution in [0, 0.1) is 17.8 Å². The maximum atomic E-state index is 12.1. The summed E-state index contributed by atoms with van der Waals surface area (Å²) < 4.78 is 26.9. The molecule has 0 spiro atoms. The number of aromatic amines is 1. The van der Waals surface area contributed by atoms with Gasteiger partial charge in [-0.1, -0.05) is 6.42 Å². The molecular formula is C13H20N2O3S. The lowest BCUT2D eigenvalue weighted by atomic mass is 9.89. The monoisotopic (exact) mass is 284 g/mol. The van der Waals surface area contributed by atoms with E-state index < -0.39 is 10.0 Å². The molecule has 0 aliphatic heterocycles. The predicted molar refractivity (Wildman–Crippen MR) is 70.8 cm³/mol. The molecule has 3 atom stereocenters. The molecule has 3 rings (SSSR count). The highest BCUT2D eigenvalue weighted by Gasteiger charge is 2.39. The van der Waals surface area contributed by atoms with Crippen molar-refractivity contribution in [1.29, 1.82) is 0 Å². The Morgan fingerprint density at radius 3 is 2.79 bits per heavy atom. The highest BCUT2D eigenvalue weighted by Crippen LogP contribution is 2.48. The van der Waals surface area contributed by atoms with Gasteiger partial charge in [0.25, 0.3) is 0 Å². The fraction of sp³-hybridized carbons (Fsp3) is 0.692. The van der Waals surface area contributed by atoms with Crippen LogP contribution in [0.4, 0.5) is 0 Å². The summed E-state index contributed by atoms with van der Waals surface area (Å²) in [7, 11) is -3.45. The van der Waals surface area contributed by atoms with Crippen LogP contribution in [0.2, 0.25) is 0 Å². The van der Waals surface area contributed by atoms with Crippen molar-refractivity contribution in [3.63, 3.8) is 0 Å². The summed E-state index contributed by atoms with van der Waals surface area (Å²) in [6.45, 7) is 0.366. The van der Waals surface area contributed by atoms with Crippen LogP contribution in [0.3, 0.4) is 0 Å². The summed E-state index contributed by atoms with van der Waals surface area (Å²) in [6.07, 6.45) is 6.46. The Bertz CT molecular complexity index is 552. The van der Waals surface area contributed by atoms with Crippen LogP contribution < -0.4 is 4.72 Å². The third-order valence-corrected chi connectivity index (χ3v) is 6.02. The van der Waals surface area contributed by atoms with E-state index in [2.05, 4.69) is 9.71 Å². The topological polar surface area (TPSA) is 82.2 Å². The van der Waals surface area contributed by atoms with Crippen molar-refractivity contribution in [3.05, 3.63) is 18.0 Å². The highest BCUT2D eigenvalue weighted by atomic mass is 32.2. The molecule has 2 bridgehead atoms. The predicted octanol–water partition coefficient (Wildman–Crippen LogP) is 1.22. The molecule has 1 heterocycles. The minimum atomic E-state index is -3.45. The number of hydrogen-bond acceptors (Lipinski definition) is 3. The first kappa shape index (κ1) is 13.1. The van der Waals surface area contributed by atoms with Crippen LogP contribution in [0.25, 0.3) is 0 Å². The molecule has 0 amide bonds. The van der Waals surface area contributed by atoms with Gasteiger partial charge >= 0.3 is 0 Å². The minimum Gasteiger partial charge on any atom is -0.390 e. The van der Waals surface area contributed by atoms with Crippen molar-refractivity contribution < 1.29 is 13.5 Å². The summed E-state index contributed by atoms with van der Waals surface area (Å²) >= 11 is 0. The van der Waals surface area contributed by atoms with E-state index in [0.717, 1.165) is 5.92 Å². The second-order valence-corrected chi connectivity index (χ2v) is 7.57. The molecule has 1 aromatic rings. The Morgan fingerprint density at radius 1 is 1.37 bits per heavy atom. The molecule has 6 heteroatoms. The van der Waals surface area contributed by atoms with E-state index in [1.807, 2.05) is 0 Å². The fourth-order valence-electron chi connectivity index (χ4n) is 3.59. The summed E-state index contributed by atoms with van der Waals surface area (Å²) in [4.78, 5) is 2.96. The summed E-state index contributed by atoms with van der Waals surface area (Å²) in [5.74, 6) is 2.05. The molecular weight excluding hydrogens is 264 g/mol. The normalized spacial score (nSPS) is 30.1. The number of aliphatic hydroxyl groups is 1. The number of hydrogen-bond donors (Lipinski definition) is 3. The van der Waals surface area contributed by atoms with Gasteiger partial charge in [0, 0.05) is 18.4 Å². The molecule has 5 nitrogen and oxygen atoms in total. The molecule has 0 saturated heterocycles. The largest absolute Gasteiger partial charge is 0.390 e. The molecule has 1 aromatic heterocycles. The summed E-state index contributed by atoms with van der Waals surface area (Å²) in [6, 6.07) is 1.48. The molecule has 2 aliphatic rings. The van der Waals surface area contributed by atoms with Crippen LogP contribution in [0.1, 0.15) is 31.4 Å². The number of sulfonamides is 1. The second kappa shape index (κ2) is 4.92. The quantitative estimate of drug-likeness (QED) is 0.760. The Morgan fingerprint density at radius 2 is 2.21 bits per heavy atom. The zero-order valence-corrected chi connectivity index (χ0v) is 11.6. The van der Waals surface area contributed by atoms with E-state index >= 15 is 0 Å². The van der Waals surface area contributed by atoms with Crippen LogP contribution in [-0.4, -0.2) is 25.1 Å². The van der Waals surface area contributed by atoms with Gasteiger partial charge in [0.2, 0.25) is 10.0 Å². The number of H-pyrrole nitrogens is 1. The van der Waals surface area contributed by atoms with Gasteiger partial charge in [0.15, 0.2) is 0 Å². The zero-order chi connectivity index (χ0) is 13.5. The summed E-state index contributed by atoms with van der Waals surface area (Å²) in [5, 5.41) is 8.94. The standard InChI is InChI=1S/C13H20N2O3S/c16-8-12-5-13(7-14-12)19(17,18)15-6-11-4-9-1-2-10(11)3-9/h5,7,9-11,14-16H,1-4,6,8H2. The van der Waals surface area contributed by atoms with Gasteiger partial charge in [-0.05, 0) is 43.1 Å². The van der Waals surface area contributed by atoms with E-state index in [0.29, 0.717) is 24.1 Å². The second-order valence-electron chi connectivity index (χ2n) is 5.81. The molecule has 0 aromatic carbocycles. The molecule has 3 N–H and O–H groups in total. The lowest BCUT2D eigenvalue weighted by molar-refractivity contribution is 0.277. The number of fused-ring (bicyclic) bond motifs is 2. The van der Waals surface area contributed by atoms with Gasteiger partial charge in [-0.2, -0.15) is 0 Å². The average Bonchev–Trinajstić information content (AvgIpc) is 3.11. The lowest BCUT2D eigenvalue weighted by Gasteiger charge is -2.21. The molecule has 2 fully saturated rings. The van der Waals surface area contributed by atoms with Crippen molar-refractivity contribution in [2.24, 2.45) is 17.8 Å². The van der Waals surface area contributed by atoms with Crippen LogP contribution in [0.5, 0.6) is 0 Å². The van der Waals surface area contributed by atoms with Crippen LogP contribution in [0.15, 0.2) is 17.2 Å². The van der Waals surface area contributed by atoms with Crippen LogP contribution >= 0.6 is 0 Å². The highest BCUT2D eigenvalue weighted by molar-refractivity contribution is 7.89. The van der Waals surface area contributed by atoms with Gasteiger partial charge in [-0.15, -0.1) is 0 Å². The molecule has 19 heavy (non-hydrogen) atoms. The SMILES string of the molecule is O=S(=O)(NCC1CC2CCC1C2)c1c[nH]c(CO)c1. The third kappa shape index (κ3) is 2.57. The third-order valence-electron chi connectivity index (χ3n) is 4.62. The molecule has 106 valence electrons. The fourth-order valence-corrected chi connectivity index (χ4v) is 4.70. The number of aromatic nitrogens is 1. The molecule has 0 radical (unpaired) electrons. The van der Waals surface area contributed by atoms with E-state index in [-0.39, 0.29) is 11.5 Å². The van der Waals surface area contributed by atoms with Crippen molar-refractivity contribution in [3.8, 4) is 0 Å². The van der Waals surface area contributed by atoms with Crippen molar-refractivity contribution in [2.75, 3.05) is 6.54 Å². The average molecular weight is 284 g/mol. The minimum absolute atomic E-state index is 0.179. The van der Waals surface area contributed by atoms with Gasteiger partial charge in [-0.3, -0.25) is 0 Å². The Labute approximate surface area is 113 Å². The van der Waals surface area contributed by atoms with E-state index in [4.69, 9.17) is 5.11 Å². The van der Waals surface area contributed by atoms with Crippen molar-refractivity contribution in [1.82, 2.24) is 9.71 Å². The number of rotatable bonds is 5. The van der Waals surface area contributed by atoms with Gasteiger partial charge in [0.05, 0.1) is 11.5 Å². The first-order valence-corrected chi connectivity index (χ1v) is 8.34. The number of nitrogens with one attached hydrogen (secondary N) is 2. The first-order chi connectivity index (χ1) is 9.08. The Hall–Kier alpha value is -0.850. The summed E-state index contributed by atoms with van der Waals surface area (Å²) in [5.41, 5.74) is 0.514. The lowest BCUT2D eigenvalue weighted by Crippen LogP contribution is -2.31. The Kier molecular flexibility index (Phi) is 3.41. The maximum Gasteiger partial charge on any atom is 0.242 e.